The van der Waals surface area contributed by atoms with Crippen molar-refractivity contribution in [1.82, 2.24) is 9.78 Å². The summed E-state index contributed by atoms with van der Waals surface area (Å²) < 4.78 is 1.70. The molecular weight excluding hydrogens is 248 g/mol. The van der Waals surface area contributed by atoms with E-state index in [4.69, 9.17) is 0 Å². The monoisotopic (exact) mass is 272 g/mol. The Morgan fingerprint density at radius 3 is 2.60 bits per heavy atom. The van der Waals surface area contributed by atoms with E-state index in [1.54, 1.807) is 4.68 Å². The number of hydrogen-bond donors (Lipinski definition) is 1. The van der Waals surface area contributed by atoms with Crippen LogP contribution in [0.4, 0.5) is 0 Å². The molecule has 0 amide bonds. The summed E-state index contributed by atoms with van der Waals surface area (Å²) in [6.45, 7) is 6.34. The number of H-pyrrole nitrogens is 1. The smallest absolute Gasteiger partial charge is 0.274 e. The molecule has 0 bridgehead atoms. The minimum Gasteiger partial charge on any atom is -0.295 e. The molecule has 0 aliphatic carbocycles. The lowest BCUT2D eigenvalue weighted by Gasteiger charge is -2.03. The standard InChI is InChI=1S/C17H24N2O/c1-4-6-11-16-15(8-5-2)17(20)19(18-16)14-10-7-9-13(3)12-14/h7,9-10,12,18H,4-6,8,11H2,1-3H3. The number of aryl methyl sites for hydroxylation is 2. The molecule has 2 aromatic rings. The normalized spacial score (nSPS) is 10.9. The van der Waals surface area contributed by atoms with E-state index in [1.807, 2.05) is 31.2 Å². The summed E-state index contributed by atoms with van der Waals surface area (Å²) in [5, 5.41) is 3.32. The number of nitrogens with one attached hydrogen (secondary N) is 1. The van der Waals surface area contributed by atoms with E-state index in [9.17, 15) is 4.79 Å². The van der Waals surface area contributed by atoms with Gasteiger partial charge >= 0.3 is 0 Å². The fraction of sp³-hybridized carbons (Fsp3) is 0.471. The molecule has 1 aromatic carbocycles. The molecule has 20 heavy (non-hydrogen) atoms. The van der Waals surface area contributed by atoms with Crippen LogP contribution in [0.3, 0.4) is 0 Å². The number of hydrogen-bond acceptors (Lipinski definition) is 1. The molecule has 0 aliphatic heterocycles. The van der Waals surface area contributed by atoms with Gasteiger partial charge in [0.15, 0.2) is 0 Å². The molecule has 0 aliphatic rings. The van der Waals surface area contributed by atoms with Gasteiger partial charge in [-0.3, -0.25) is 9.89 Å². The number of aromatic nitrogens is 2. The SMILES string of the molecule is CCCCc1[nH]n(-c2cccc(C)c2)c(=O)c1CCC. The summed E-state index contributed by atoms with van der Waals surface area (Å²) in [6, 6.07) is 8.05. The van der Waals surface area contributed by atoms with Crippen molar-refractivity contribution in [2.45, 2.75) is 52.9 Å². The van der Waals surface area contributed by atoms with Crippen molar-refractivity contribution >= 4 is 0 Å². The molecule has 2 rings (SSSR count). The first-order valence-electron chi connectivity index (χ1n) is 7.57. The maximum absolute atomic E-state index is 12.6. The second-order valence-corrected chi connectivity index (χ2v) is 5.40. The first-order valence-corrected chi connectivity index (χ1v) is 7.57. The molecule has 0 radical (unpaired) electrons. The van der Waals surface area contributed by atoms with E-state index < -0.39 is 0 Å². The second-order valence-electron chi connectivity index (χ2n) is 5.40. The molecule has 0 saturated heterocycles. The Bertz CT molecular complexity index is 622. The van der Waals surface area contributed by atoms with Crippen molar-refractivity contribution in [2.24, 2.45) is 0 Å². The third kappa shape index (κ3) is 3.03. The minimum absolute atomic E-state index is 0.114. The third-order valence-electron chi connectivity index (χ3n) is 3.61. The molecule has 3 heteroatoms. The van der Waals surface area contributed by atoms with Gasteiger partial charge in [0.2, 0.25) is 0 Å². The van der Waals surface area contributed by atoms with Crippen LogP contribution in [0, 0.1) is 6.92 Å². The number of aromatic amines is 1. The molecule has 1 N–H and O–H groups in total. The molecule has 0 unspecified atom stereocenters. The zero-order valence-corrected chi connectivity index (χ0v) is 12.7. The molecule has 0 fully saturated rings. The van der Waals surface area contributed by atoms with E-state index in [1.165, 1.54) is 0 Å². The summed E-state index contributed by atoms with van der Waals surface area (Å²) in [5.41, 5.74) is 4.28. The zero-order chi connectivity index (χ0) is 14.5. The highest BCUT2D eigenvalue weighted by Crippen LogP contribution is 2.13. The highest BCUT2D eigenvalue weighted by Gasteiger charge is 2.14. The number of benzene rings is 1. The first kappa shape index (κ1) is 14.6. The van der Waals surface area contributed by atoms with Gasteiger partial charge in [-0.05, 0) is 43.9 Å². The van der Waals surface area contributed by atoms with Crippen molar-refractivity contribution in [2.75, 3.05) is 0 Å². The van der Waals surface area contributed by atoms with Crippen molar-refractivity contribution in [1.29, 1.82) is 0 Å². The fourth-order valence-electron chi connectivity index (χ4n) is 2.53. The molecule has 0 saturated carbocycles. The molecule has 3 nitrogen and oxygen atoms in total. The summed E-state index contributed by atoms with van der Waals surface area (Å²) in [7, 11) is 0. The van der Waals surface area contributed by atoms with Gasteiger partial charge in [-0.25, -0.2) is 4.68 Å². The molecule has 108 valence electrons. The summed E-state index contributed by atoms with van der Waals surface area (Å²) in [5.74, 6) is 0. The lowest BCUT2D eigenvalue weighted by Crippen LogP contribution is -2.17. The molecule has 1 heterocycles. The lowest BCUT2D eigenvalue weighted by molar-refractivity contribution is 0.743. The van der Waals surface area contributed by atoms with Gasteiger partial charge in [0, 0.05) is 11.3 Å². The highest BCUT2D eigenvalue weighted by atomic mass is 16.1. The average Bonchev–Trinajstić information content (AvgIpc) is 2.74. The Morgan fingerprint density at radius 1 is 1.15 bits per heavy atom. The highest BCUT2D eigenvalue weighted by molar-refractivity contribution is 5.36. The van der Waals surface area contributed by atoms with Gasteiger partial charge in [0.25, 0.3) is 5.56 Å². The van der Waals surface area contributed by atoms with Gasteiger partial charge in [-0.2, -0.15) is 0 Å². The van der Waals surface area contributed by atoms with Gasteiger partial charge in [0.05, 0.1) is 5.69 Å². The largest absolute Gasteiger partial charge is 0.295 e. The minimum atomic E-state index is 0.114. The fourth-order valence-corrected chi connectivity index (χ4v) is 2.53. The molecule has 0 atom stereocenters. The topological polar surface area (TPSA) is 37.8 Å². The van der Waals surface area contributed by atoms with Crippen LogP contribution in [-0.2, 0) is 12.8 Å². The summed E-state index contributed by atoms with van der Waals surface area (Å²) >= 11 is 0. The Balaban J connectivity index is 2.46. The number of rotatable bonds is 6. The van der Waals surface area contributed by atoms with Gasteiger partial charge in [0.1, 0.15) is 0 Å². The Kier molecular flexibility index (Phi) is 4.83. The zero-order valence-electron chi connectivity index (χ0n) is 12.7. The van der Waals surface area contributed by atoms with Crippen LogP contribution in [0.15, 0.2) is 29.1 Å². The molecule has 0 spiro atoms. The van der Waals surface area contributed by atoms with Crippen molar-refractivity contribution in [3.8, 4) is 5.69 Å². The van der Waals surface area contributed by atoms with E-state index in [-0.39, 0.29) is 5.56 Å². The van der Waals surface area contributed by atoms with Crippen LogP contribution in [-0.4, -0.2) is 9.78 Å². The van der Waals surface area contributed by atoms with E-state index >= 15 is 0 Å². The van der Waals surface area contributed by atoms with Crippen LogP contribution < -0.4 is 5.56 Å². The predicted molar refractivity (Wildman–Crippen MR) is 83.7 cm³/mol. The summed E-state index contributed by atoms with van der Waals surface area (Å²) in [6.07, 6.45) is 5.07. The van der Waals surface area contributed by atoms with E-state index in [0.29, 0.717) is 0 Å². The van der Waals surface area contributed by atoms with Crippen LogP contribution in [0.25, 0.3) is 5.69 Å². The molecular formula is C17H24N2O. The van der Waals surface area contributed by atoms with E-state index in [2.05, 4.69) is 18.9 Å². The van der Waals surface area contributed by atoms with Gasteiger partial charge < -0.3 is 0 Å². The maximum Gasteiger partial charge on any atom is 0.274 e. The van der Waals surface area contributed by atoms with Crippen molar-refractivity contribution in [3.05, 3.63) is 51.4 Å². The Labute approximate surface area is 120 Å². The second kappa shape index (κ2) is 6.60. The summed E-state index contributed by atoms with van der Waals surface area (Å²) in [4.78, 5) is 12.6. The number of nitrogens with zero attached hydrogens (tertiary/aromatic N) is 1. The molecule has 1 aromatic heterocycles. The van der Waals surface area contributed by atoms with Crippen LogP contribution in [0.1, 0.15) is 49.9 Å². The Hall–Kier alpha value is -1.77. The van der Waals surface area contributed by atoms with Crippen molar-refractivity contribution in [3.63, 3.8) is 0 Å². The van der Waals surface area contributed by atoms with E-state index in [0.717, 1.165) is 54.6 Å². The average molecular weight is 272 g/mol. The first-order chi connectivity index (χ1) is 9.67. The quantitative estimate of drug-likeness (QED) is 0.854. The number of unbranched alkanes of at least 4 members (excludes halogenated alkanes) is 1. The van der Waals surface area contributed by atoms with Gasteiger partial charge in [-0.15, -0.1) is 0 Å². The Morgan fingerprint density at radius 2 is 1.95 bits per heavy atom. The predicted octanol–water partition coefficient (Wildman–Crippen LogP) is 3.77. The maximum atomic E-state index is 12.6. The van der Waals surface area contributed by atoms with Crippen LogP contribution in [0.5, 0.6) is 0 Å². The van der Waals surface area contributed by atoms with Crippen LogP contribution >= 0.6 is 0 Å². The lowest BCUT2D eigenvalue weighted by atomic mass is 10.1. The van der Waals surface area contributed by atoms with Crippen LogP contribution in [0.2, 0.25) is 0 Å². The van der Waals surface area contributed by atoms with Gasteiger partial charge in [-0.1, -0.05) is 38.8 Å². The third-order valence-corrected chi connectivity index (χ3v) is 3.61. The van der Waals surface area contributed by atoms with Crippen molar-refractivity contribution < 1.29 is 0 Å².